The second kappa shape index (κ2) is 7.11. The summed E-state index contributed by atoms with van der Waals surface area (Å²) >= 11 is 0. The Bertz CT molecular complexity index is 455. The van der Waals surface area contributed by atoms with Gasteiger partial charge < -0.3 is 19.7 Å². The molecule has 0 aromatic heterocycles. The molecular formula is C16H25N3O2. The molecule has 5 heteroatoms. The molecule has 116 valence electrons. The standard InChI is InChI=1S/C16H25N3O2/c1-20-16-12-14(13-18-8-10-21-11-9-18)2-3-15(16)19-6-4-17-5-7-19/h2-3,12,17H,4-11,13H2,1H3. The van der Waals surface area contributed by atoms with Gasteiger partial charge in [-0.1, -0.05) is 6.07 Å². The minimum atomic E-state index is 0.843. The molecule has 1 aromatic carbocycles. The Kier molecular flexibility index (Phi) is 4.95. The van der Waals surface area contributed by atoms with Gasteiger partial charge in [0.05, 0.1) is 26.0 Å². The van der Waals surface area contributed by atoms with Gasteiger partial charge in [-0.2, -0.15) is 0 Å². The Morgan fingerprint density at radius 2 is 1.90 bits per heavy atom. The van der Waals surface area contributed by atoms with Crippen LogP contribution in [0.25, 0.3) is 0 Å². The van der Waals surface area contributed by atoms with Gasteiger partial charge in [0, 0.05) is 45.8 Å². The number of nitrogens with zero attached hydrogens (tertiary/aromatic N) is 2. The van der Waals surface area contributed by atoms with Crippen molar-refractivity contribution in [3.63, 3.8) is 0 Å². The normalized spacial score (nSPS) is 20.5. The highest BCUT2D eigenvalue weighted by Gasteiger charge is 2.16. The fraction of sp³-hybridized carbons (Fsp3) is 0.625. The lowest BCUT2D eigenvalue weighted by atomic mass is 10.1. The van der Waals surface area contributed by atoms with E-state index in [0.717, 1.165) is 64.8 Å². The summed E-state index contributed by atoms with van der Waals surface area (Å²) in [5.74, 6) is 0.989. The first-order valence-corrected chi connectivity index (χ1v) is 7.79. The van der Waals surface area contributed by atoms with E-state index in [0.29, 0.717) is 0 Å². The van der Waals surface area contributed by atoms with Crippen LogP contribution in [0.3, 0.4) is 0 Å². The molecular weight excluding hydrogens is 266 g/mol. The van der Waals surface area contributed by atoms with Crippen molar-refractivity contribution < 1.29 is 9.47 Å². The Hall–Kier alpha value is -1.30. The minimum absolute atomic E-state index is 0.843. The van der Waals surface area contributed by atoms with Crippen LogP contribution in [0.2, 0.25) is 0 Å². The molecule has 1 N–H and O–H groups in total. The number of piperazine rings is 1. The van der Waals surface area contributed by atoms with Crippen LogP contribution in [0, 0.1) is 0 Å². The first kappa shape index (κ1) is 14.6. The molecule has 0 aliphatic carbocycles. The topological polar surface area (TPSA) is 37.0 Å². The number of anilines is 1. The van der Waals surface area contributed by atoms with Gasteiger partial charge >= 0.3 is 0 Å². The van der Waals surface area contributed by atoms with Crippen molar-refractivity contribution in [1.82, 2.24) is 10.2 Å². The van der Waals surface area contributed by atoms with Crippen molar-refractivity contribution in [2.75, 3.05) is 64.5 Å². The first-order chi connectivity index (χ1) is 10.4. The molecule has 2 saturated heterocycles. The van der Waals surface area contributed by atoms with Crippen LogP contribution in [0.5, 0.6) is 5.75 Å². The Morgan fingerprint density at radius 3 is 2.62 bits per heavy atom. The van der Waals surface area contributed by atoms with E-state index in [1.807, 2.05) is 0 Å². The number of hydrogen-bond donors (Lipinski definition) is 1. The SMILES string of the molecule is COc1cc(CN2CCOCC2)ccc1N1CCNCC1. The van der Waals surface area contributed by atoms with Crippen molar-refractivity contribution in [3.8, 4) is 5.75 Å². The van der Waals surface area contributed by atoms with Gasteiger partial charge in [0.25, 0.3) is 0 Å². The summed E-state index contributed by atoms with van der Waals surface area (Å²) in [6.07, 6.45) is 0. The zero-order chi connectivity index (χ0) is 14.5. The summed E-state index contributed by atoms with van der Waals surface area (Å²) in [6.45, 7) is 8.85. The summed E-state index contributed by atoms with van der Waals surface area (Å²) in [4.78, 5) is 4.83. The number of nitrogens with one attached hydrogen (secondary N) is 1. The zero-order valence-corrected chi connectivity index (χ0v) is 12.8. The zero-order valence-electron chi connectivity index (χ0n) is 12.8. The number of benzene rings is 1. The summed E-state index contributed by atoms with van der Waals surface area (Å²) < 4.78 is 11.0. The number of hydrogen-bond acceptors (Lipinski definition) is 5. The third kappa shape index (κ3) is 3.67. The smallest absolute Gasteiger partial charge is 0.142 e. The van der Waals surface area contributed by atoms with Crippen LogP contribution in [0.4, 0.5) is 5.69 Å². The van der Waals surface area contributed by atoms with Gasteiger partial charge in [0.15, 0.2) is 0 Å². The van der Waals surface area contributed by atoms with Crippen molar-refractivity contribution in [2.24, 2.45) is 0 Å². The second-order valence-electron chi connectivity index (χ2n) is 5.63. The predicted molar refractivity (Wildman–Crippen MR) is 84.2 cm³/mol. The van der Waals surface area contributed by atoms with Crippen LogP contribution < -0.4 is 15.0 Å². The molecule has 2 fully saturated rings. The van der Waals surface area contributed by atoms with E-state index in [9.17, 15) is 0 Å². The van der Waals surface area contributed by atoms with E-state index in [1.165, 1.54) is 11.3 Å². The van der Waals surface area contributed by atoms with Crippen LogP contribution in [0.1, 0.15) is 5.56 Å². The lowest BCUT2D eigenvalue weighted by Gasteiger charge is -2.31. The number of morpholine rings is 1. The molecule has 1 aromatic rings. The van der Waals surface area contributed by atoms with Gasteiger partial charge in [-0.25, -0.2) is 0 Å². The van der Waals surface area contributed by atoms with E-state index in [4.69, 9.17) is 9.47 Å². The average Bonchev–Trinajstić information content (AvgIpc) is 2.56. The summed E-state index contributed by atoms with van der Waals surface area (Å²) in [5.41, 5.74) is 2.53. The fourth-order valence-corrected chi connectivity index (χ4v) is 3.00. The molecule has 5 nitrogen and oxygen atoms in total. The highest BCUT2D eigenvalue weighted by Crippen LogP contribution is 2.30. The lowest BCUT2D eigenvalue weighted by molar-refractivity contribution is 0.0342. The molecule has 2 aliphatic rings. The van der Waals surface area contributed by atoms with Crippen LogP contribution >= 0.6 is 0 Å². The molecule has 2 aliphatic heterocycles. The molecule has 2 heterocycles. The number of ether oxygens (including phenoxy) is 2. The van der Waals surface area contributed by atoms with Gasteiger partial charge in [-0.3, -0.25) is 4.90 Å². The Morgan fingerprint density at radius 1 is 1.14 bits per heavy atom. The minimum Gasteiger partial charge on any atom is -0.495 e. The molecule has 0 amide bonds. The van der Waals surface area contributed by atoms with E-state index in [-0.39, 0.29) is 0 Å². The molecule has 21 heavy (non-hydrogen) atoms. The van der Waals surface area contributed by atoms with Crippen molar-refractivity contribution in [1.29, 1.82) is 0 Å². The second-order valence-corrected chi connectivity index (χ2v) is 5.63. The maximum absolute atomic E-state index is 5.62. The average molecular weight is 291 g/mol. The van der Waals surface area contributed by atoms with Crippen LogP contribution in [-0.4, -0.2) is 64.5 Å². The molecule has 0 spiro atoms. The first-order valence-electron chi connectivity index (χ1n) is 7.79. The Labute approximate surface area is 126 Å². The lowest BCUT2D eigenvalue weighted by Crippen LogP contribution is -2.43. The highest BCUT2D eigenvalue weighted by molar-refractivity contribution is 5.60. The maximum atomic E-state index is 5.62. The third-order valence-corrected chi connectivity index (χ3v) is 4.21. The third-order valence-electron chi connectivity index (χ3n) is 4.21. The molecule has 3 rings (SSSR count). The van der Waals surface area contributed by atoms with Gasteiger partial charge in [0.2, 0.25) is 0 Å². The number of methoxy groups -OCH3 is 1. The van der Waals surface area contributed by atoms with Crippen LogP contribution in [-0.2, 0) is 11.3 Å². The van der Waals surface area contributed by atoms with E-state index >= 15 is 0 Å². The van der Waals surface area contributed by atoms with E-state index < -0.39 is 0 Å². The van der Waals surface area contributed by atoms with Gasteiger partial charge in [0.1, 0.15) is 5.75 Å². The molecule has 0 saturated carbocycles. The number of rotatable bonds is 4. The van der Waals surface area contributed by atoms with Crippen LogP contribution in [0.15, 0.2) is 18.2 Å². The summed E-state index contributed by atoms with van der Waals surface area (Å²) in [6, 6.07) is 6.63. The van der Waals surface area contributed by atoms with Gasteiger partial charge in [-0.15, -0.1) is 0 Å². The van der Waals surface area contributed by atoms with E-state index in [2.05, 4.69) is 33.3 Å². The summed E-state index contributed by atoms with van der Waals surface area (Å²) in [7, 11) is 1.76. The van der Waals surface area contributed by atoms with Crippen molar-refractivity contribution in [2.45, 2.75) is 6.54 Å². The monoisotopic (exact) mass is 291 g/mol. The van der Waals surface area contributed by atoms with Crippen molar-refractivity contribution >= 4 is 5.69 Å². The van der Waals surface area contributed by atoms with Gasteiger partial charge in [-0.05, 0) is 17.7 Å². The molecule has 0 atom stereocenters. The van der Waals surface area contributed by atoms with E-state index in [1.54, 1.807) is 7.11 Å². The largest absolute Gasteiger partial charge is 0.495 e. The van der Waals surface area contributed by atoms with Crippen molar-refractivity contribution in [3.05, 3.63) is 23.8 Å². The fourth-order valence-electron chi connectivity index (χ4n) is 3.00. The quantitative estimate of drug-likeness (QED) is 0.893. The highest BCUT2D eigenvalue weighted by atomic mass is 16.5. The summed E-state index contributed by atoms with van der Waals surface area (Å²) in [5, 5.41) is 3.39. The molecule has 0 bridgehead atoms. The maximum Gasteiger partial charge on any atom is 0.142 e. The molecule has 0 unspecified atom stereocenters. The Balaban J connectivity index is 1.71. The predicted octanol–water partition coefficient (Wildman–Crippen LogP) is 0.937. The molecule has 0 radical (unpaired) electrons.